The van der Waals surface area contributed by atoms with E-state index in [4.69, 9.17) is 34.8 Å². The van der Waals surface area contributed by atoms with E-state index < -0.39 is 0 Å². The van der Waals surface area contributed by atoms with Crippen molar-refractivity contribution in [1.82, 2.24) is 10.3 Å². The molecule has 1 heterocycles. The summed E-state index contributed by atoms with van der Waals surface area (Å²) in [4.78, 5) is 16.1. The van der Waals surface area contributed by atoms with Crippen LogP contribution >= 0.6 is 34.8 Å². The van der Waals surface area contributed by atoms with Crippen molar-refractivity contribution in [1.29, 1.82) is 0 Å². The lowest BCUT2D eigenvalue weighted by Crippen LogP contribution is -2.25. The third-order valence-electron chi connectivity index (χ3n) is 5.12. The molecule has 4 rings (SSSR count). The number of nitrogens with one attached hydrogen (secondary N) is 2. The average molecular weight is 458 g/mol. The smallest absolute Gasteiger partial charge is 0.221 e. The summed E-state index contributed by atoms with van der Waals surface area (Å²) in [7, 11) is 0. The Kier molecular flexibility index (Phi) is 6.33. The van der Waals surface area contributed by atoms with Crippen LogP contribution in [0.5, 0.6) is 0 Å². The number of hydrogen-bond donors (Lipinski definition) is 2. The normalized spacial score (nSPS) is 12.1. The van der Waals surface area contributed by atoms with Gasteiger partial charge in [0.25, 0.3) is 0 Å². The molecule has 1 unspecified atom stereocenters. The van der Waals surface area contributed by atoms with Crippen molar-refractivity contribution in [2.45, 2.75) is 18.9 Å². The summed E-state index contributed by atoms with van der Waals surface area (Å²) >= 11 is 18.6. The summed E-state index contributed by atoms with van der Waals surface area (Å²) in [6, 6.07) is 21.0. The molecular weight excluding hydrogens is 439 g/mol. The first-order valence-corrected chi connectivity index (χ1v) is 10.7. The molecule has 3 aromatic carbocycles. The second-order valence-corrected chi connectivity index (χ2v) is 8.38. The van der Waals surface area contributed by atoms with Crippen LogP contribution in [-0.2, 0) is 11.3 Å². The minimum atomic E-state index is -0.206. The predicted molar refractivity (Wildman–Crippen MR) is 125 cm³/mol. The summed E-state index contributed by atoms with van der Waals surface area (Å²) in [5.41, 5.74) is 3.92. The summed E-state index contributed by atoms with van der Waals surface area (Å²) in [5, 5.41) is 5.58. The maximum absolute atomic E-state index is 12.8. The van der Waals surface area contributed by atoms with Crippen molar-refractivity contribution in [3.8, 4) is 0 Å². The molecule has 1 aromatic heterocycles. The number of halogens is 3. The van der Waals surface area contributed by atoms with E-state index in [0.29, 0.717) is 21.6 Å². The third kappa shape index (κ3) is 4.65. The maximum atomic E-state index is 12.8. The van der Waals surface area contributed by atoms with Gasteiger partial charge in [-0.05, 0) is 47.0 Å². The third-order valence-corrected chi connectivity index (χ3v) is 6.09. The number of hydrogen-bond acceptors (Lipinski definition) is 1. The topological polar surface area (TPSA) is 44.9 Å². The molecular formula is C24H19Cl3N2O. The van der Waals surface area contributed by atoms with Gasteiger partial charge in [-0.15, -0.1) is 0 Å². The second kappa shape index (κ2) is 9.13. The highest BCUT2D eigenvalue weighted by molar-refractivity contribution is 6.42. The van der Waals surface area contributed by atoms with Crippen molar-refractivity contribution in [2.24, 2.45) is 0 Å². The first-order chi connectivity index (χ1) is 14.5. The molecule has 0 saturated carbocycles. The van der Waals surface area contributed by atoms with Crippen molar-refractivity contribution < 1.29 is 4.79 Å². The maximum Gasteiger partial charge on any atom is 0.221 e. The minimum absolute atomic E-state index is 0.0497. The fourth-order valence-electron chi connectivity index (χ4n) is 3.59. The molecule has 0 radical (unpaired) electrons. The molecule has 1 atom stereocenters. The Balaban J connectivity index is 1.65. The van der Waals surface area contributed by atoms with Crippen LogP contribution in [0.2, 0.25) is 15.1 Å². The minimum Gasteiger partial charge on any atom is -0.361 e. The fraction of sp³-hybridized carbons (Fsp3) is 0.125. The van der Waals surface area contributed by atoms with Crippen molar-refractivity contribution >= 4 is 51.6 Å². The van der Waals surface area contributed by atoms with Gasteiger partial charge in [-0.25, -0.2) is 0 Å². The molecule has 0 saturated heterocycles. The van der Waals surface area contributed by atoms with Gasteiger partial charge in [-0.1, -0.05) is 71.2 Å². The van der Waals surface area contributed by atoms with E-state index in [1.165, 1.54) is 0 Å². The van der Waals surface area contributed by atoms with Gasteiger partial charge in [0.1, 0.15) is 0 Å². The van der Waals surface area contributed by atoms with Gasteiger partial charge in [0.15, 0.2) is 0 Å². The van der Waals surface area contributed by atoms with Crippen LogP contribution in [0, 0.1) is 0 Å². The molecule has 4 aromatic rings. The zero-order valence-corrected chi connectivity index (χ0v) is 18.2. The van der Waals surface area contributed by atoms with Gasteiger partial charge >= 0.3 is 0 Å². The van der Waals surface area contributed by atoms with Gasteiger partial charge in [-0.2, -0.15) is 0 Å². The molecule has 0 fully saturated rings. The summed E-state index contributed by atoms with van der Waals surface area (Å²) in [6.07, 6.45) is 2.20. The molecule has 30 heavy (non-hydrogen) atoms. The van der Waals surface area contributed by atoms with Gasteiger partial charge in [0.05, 0.1) is 10.0 Å². The van der Waals surface area contributed by atoms with E-state index in [1.807, 2.05) is 66.9 Å². The zero-order chi connectivity index (χ0) is 21.1. The zero-order valence-electron chi connectivity index (χ0n) is 16.0. The second-order valence-electron chi connectivity index (χ2n) is 7.13. The summed E-state index contributed by atoms with van der Waals surface area (Å²) in [5.74, 6) is -0.255. The number of carbonyl (C=O) groups excluding carboxylic acids is 1. The van der Waals surface area contributed by atoms with Gasteiger partial charge in [0.2, 0.25) is 5.91 Å². The SMILES string of the molecule is O=C(CC(c1ccc(Cl)c(Cl)c1)c1c[nH]c2ccc(Cl)cc12)NCc1ccccc1. The van der Waals surface area contributed by atoms with Crippen LogP contribution in [0.1, 0.15) is 29.0 Å². The molecule has 152 valence electrons. The summed E-state index contributed by atoms with van der Waals surface area (Å²) in [6.45, 7) is 0.480. The number of fused-ring (bicyclic) bond motifs is 1. The number of rotatable bonds is 6. The lowest BCUT2D eigenvalue weighted by molar-refractivity contribution is -0.121. The van der Waals surface area contributed by atoms with E-state index in [0.717, 1.165) is 27.6 Å². The van der Waals surface area contributed by atoms with Crippen LogP contribution in [-0.4, -0.2) is 10.9 Å². The molecule has 0 spiro atoms. The molecule has 2 N–H and O–H groups in total. The number of aromatic amines is 1. The monoisotopic (exact) mass is 456 g/mol. The molecule has 3 nitrogen and oxygen atoms in total. The van der Waals surface area contributed by atoms with E-state index in [2.05, 4.69) is 10.3 Å². The molecule has 0 aliphatic heterocycles. The average Bonchev–Trinajstić information content (AvgIpc) is 3.16. The van der Waals surface area contributed by atoms with Gasteiger partial charge in [-0.3, -0.25) is 4.79 Å². The Bertz CT molecular complexity index is 1190. The van der Waals surface area contributed by atoms with Gasteiger partial charge in [0, 0.05) is 41.0 Å². The van der Waals surface area contributed by atoms with Crippen LogP contribution in [0.15, 0.2) is 72.9 Å². The van der Waals surface area contributed by atoms with Crippen molar-refractivity contribution in [3.63, 3.8) is 0 Å². The van der Waals surface area contributed by atoms with Crippen LogP contribution in [0.4, 0.5) is 0 Å². The highest BCUT2D eigenvalue weighted by Gasteiger charge is 2.22. The van der Waals surface area contributed by atoms with Crippen LogP contribution < -0.4 is 5.32 Å². The Morgan fingerprint density at radius 3 is 2.50 bits per heavy atom. The Hall–Kier alpha value is -2.46. The Morgan fingerprint density at radius 2 is 1.73 bits per heavy atom. The van der Waals surface area contributed by atoms with Gasteiger partial charge < -0.3 is 10.3 Å². The Labute approximate surface area is 190 Å². The molecule has 0 aliphatic carbocycles. The molecule has 6 heteroatoms. The lowest BCUT2D eigenvalue weighted by Gasteiger charge is -2.18. The number of benzene rings is 3. The standard InChI is InChI=1S/C24H19Cl3N2O/c25-17-7-9-23-19(11-17)20(14-28-23)18(16-6-8-21(26)22(27)10-16)12-24(30)29-13-15-4-2-1-3-5-15/h1-11,14,18,28H,12-13H2,(H,29,30). The number of amides is 1. The number of aromatic nitrogens is 1. The van der Waals surface area contributed by atoms with Crippen LogP contribution in [0.3, 0.4) is 0 Å². The van der Waals surface area contributed by atoms with E-state index >= 15 is 0 Å². The highest BCUT2D eigenvalue weighted by Crippen LogP contribution is 2.36. The van der Waals surface area contributed by atoms with E-state index in [9.17, 15) is 4.79 Å². The number of H-pyrrole nitrogens is 1. The van der Waals surface area contributed by atoms with E-state index in [-0.39, 0.29) is 18.2 Å². The molecule has 1 amide bonds. The quantitative estimate of drug-likeness (QED) is 0.323. The van der Waals surface area contributed by atoms with Crippen molar-refractivity contribution in [2.75, 3.05) is 0 Å². The predicted octanol–water partition coefficient (Wildman–Crippen LogP) is 6.97. The summed E-state index contributed by atoms with van der Waals surface area (Å²) < 4.78 is 0. The molecule has 0 bridgehead atoms. The first kappa shape index (κ1) is 20.8. The number of carbonyl (C=O) groups is 1. The first-order valence-electron chi connectivity index (χ1n) is 9.53. The largest absolute Gasteiger partial charge is 0.361 e. The Morgan fingerprint density at radius 1 is 0.933 bits per heavy atom. The fourth-order valence-corrected chi connectivity index (χ4v) is 4.07. The van der Waals surface area contributed by atoms with E-state index in [1.54, 1.807) is 6.07 Å². The van der Waals surface area contributed by atoms with Crippen LogP contribution in [0.25, 0.3) is 10.9 Å². The molecule has 0 aliphatic rings. The lowest BCUT2D eigenvalue weighted by atomic mass is 9.88. The highest BCUT2D eigenvalue weighted by atomic mass is 35.5. The van der Waals surface area contributed by atoms with Crippen molar-refractivity contribution in [3.05, 3.63) is 105 Å².